The second-order valence-electron chi connectivity index (χ2n) is 7.17. The van der Waals surface area contributed by atoms with Crippen LogP contribution in [0.3, 0.4) is 0 Å². The van der Waals surface area contributed by atoms with Gasteiger partial charge in [0, 0.05) is 12.1 Å². The number of hydrogen-bond acceptors (Lipinski definition) is 3. The minimum Gasteiger partial charge on any atom is -0.348 e. The fraction of sp³-hybridized carbons (Fsp3) is 0.526. The molecule has 4 amide bonds. The van der Waals surface area contributed by atoms with E-state index in [1.54, 1.807) is 19.2 Å². The molecule has 1 N–H and O–H groups in total. The van der Waals surface area contributed by atoms with Gasteiger partial charge in [-0.3, -0.25) is 14.5 Å². The number of imide groups is 1. The van der Waals surface area contributed by atoms with Crippen molar-refractivity contribution in [2.45, 2.75) is 50.6 Å². The summed E-state index contributed by atoms with van der Waals surface area (Å²) in [5, 5.41) is 3.43. The summed E-state index contributed by atoms with van der Waals surface area (Å²) in [6.45, 7) is 1.58. The lowest BCUT2D eigenvalue weighted by Gasteiger charge is -2.35. The molecule has 0 radical (unpaired) electrons. The molecule has 1 atom stereocenters. The Balaban J connectivity index is 1.67. The van der Waals surface area contributed by atoms with Crippen LogP contribution in [0.1, 0.15) is 50.6 Å². The molecule has 7 heteroatoms. The fourth-order valence-corrected chi connectivity index (χ4v) is 4.16. The molecule has 26 heavy (non-hydrogen) atoms. The first-order valence-electron chi connectivity index (χ1n) is 9.00. The summed E-state index contributed by atoms with van der Waals surface area (Å²) in [5.41, 5.74) is 0.111. The number of nitrogens with one attached hydrogen (secondary N) is 1. The fourth-order valence-electron chi connectivity index (χ4n) is 3.96. The summed E-state index contributed by atoms with van der Waals surface area (Å²) < 4.78 is 0. The molecular formula is C19H24ClN3O3. The normalized spacial score (nSPS) is 20.6. The van der Waals surface area contributed by atoms with E-state index in [0.717, 1.165) is 29.7 Å². The standard InChI is InChI=1S/C19H24ClN3O3/c1-13(14-7-6-8-15(20)11-14)21-16(24)12-23-17(25)19(22(2)18(23)26)9-4-3-5-10-19/h6-8,11,13H,3-5,9-10,12H2,1-2H3,(H,21,24). The lowest BCUT2D eigenvalue weighted by Crippen LogP contribution is -2.49. The van der Waals surface area contributed by atoms with Crippen LogP contribution >= 0.6 is 11.6 Å². The predicted molar refractivity (Wildman–Crippen MR) is 98.7 cm³/mol. The van der Waals surface area contributed by atoms with Crippen LogP contribution in [-0.2, 0) is 9.59 Å². The molecule has 1 aliphatic heterocycles. The lowest BCUT2D eigenvalue weighted by molar-refractivity contribution is -0.137. The van der Waals surface area contributed by atoms with Crippen LogP contribution in [0.15, 0.2) is 24.3 Å². The summed E-state index contributed by atoms with van der Waals surface area (Å²) in [7, 11) is 1.66. The molecule has 0 bridgehead atoms. The van der Waals surface area contributed by atoms with Gasteiger partial charge >= 0.3 is 6.03 Å². The highest BCUT2D eigenvalue weighted by Crippen LogP contribution is 2.39. The van der Waals surface area contributed by atoms with Crippen molar-refractivity contribution < 1.29 is 14.4 Å². The van der Waals surface area contributed by atoms with E-state index in [-0.39, 0.29) is 30.4 Å². The van der Waals surface area contributed by atoms with Gasteiger partial charge in [-0.15, -0.1) is 0 Å². The minimum absolute atomic E-state index is 0.241. The van der Waals surface area contributed by atoms with Crippen LogP contribution in [0.25, 0.3) is 0 Å². The van der Waals surface area contributed by atoms with Crippen molar-refractivity contribution in [1.29, 1.82) is 0 Å². The Morgan fingerprint density at radius 1 is 1.27 bits per heavy atom. The molecular weight excluding hydrogens is 354 g/mol. The van der Waals surface area contributed by atoms with E-state index in [9.17, 15) is 14.4 Å². The highest BCUT2D eigenvalue weighted by Gasteiger charge is 2.55. The van der Waals surface area contributed by atoms with Crippen molar-refractivity contribution in [1.82, 2.24) is 15.1 Å². The topological polar surface area (TPSA) is 69.7 Å². The highest BCUT2D eigenvalue weighted by atomic mass is 35.5. The van der Waals surface area contributed by atoms with Crippen LogP contribution in [0.2, 0.25) is 5.02 Å². The smallest absolute Gasteiger partial charge is 0.327 e. The molecule has 1 spiro atoms. The molecule has 1 saturated carbocycles. The van der Waals surface area contributed by atoms with Crippen molar-refractivity contribution in [3.63, 3.8) is 0 Å². The van der Waals surface area contributed by atoms with Crippen LogP contribution < -0.4 is 5.32 Å². The maximum Gasteiger partial charge on any atom is 0.327 e. The van der Waals surface area contributed by atoms with Crippen molar-refractivity contribution >= 4 is 29.4 Å². The molecule has 2 fully saturated rings. The van der Waals surface area contributed by atoms with Gasteiger partial charge in [-0.2, -0.15) is 0 Å². The number of nitrogens with zero attached hydrogens (tertiary/aromatic N) is 2. The van der Waals surface area contributed by atoms with Crippen molar-refractivity contribution in [2.75, 3.05) is 13.6 Å². The van der Waals surface area contributed by atoms with Gasteiger partial charge in [-0.05, 0) is 37.5 Å². The van der Waals surface area contributed by atoms with Crippen molar-refractivity contribution in [2.24, 2.45) is 0 Å². The number of amides is 4. The van der Waals surface area contributed by atoms with Crippen LogP contribution in [0.5, 0.6) is 0 Å². The number of rotatable bonds is 4. The Morgan fingerprint density at radius 2 is 1.96 bits per heavy atom. The summed E-state index contributed by atoms with van der Waals surface area (Å²) in [6.07, 6.45) is 4.27. The maximum absolute atomic E-state index is 12.9. The van der Waals surface area contributed by atoms with Crippen LogP contribution in [0.4, 0.5) is 4.79 Å². The molecule has 1 aliphatic carbocycles. The summed E-state index contributed by atoms with van der Waals surface area (Å²) in [6, 6.07) is 6.57. The van der Waals surface area contributed by atoms with E-state index >= 15 is 0 Å². The van der Waals surface area contributed by atoms with E-state index in [0.29, 0.717) is 17.9 Å². The van der Waals surface area contributed by atoms with Gasteiger partial charge in [-0.1, -0.05) is 43.0 Å². The lowest BCUT2D eigenvalue weighted by atomic mass is 9.81. The number of hydrogen-bond donors (Lipinski definition) is 1. The van der Waals surface area contributed by atoms with E-state index in [1.807, 2.05) is 19.1 Å². The van der Waals surface area contributed by atoms with Gasteiger partial charge in [0.2, 0.25) is 5.91 Å². The number of urea groups is 1. The molecule has 1 aromatic rings. The average molecular weight is 378 g/mol. The van der Waals surface area contributed by atoms with E-state index in [1.165, 1.54) is 4.90 Å². The Bertz CT molecular complexity index is 730. The third kappa shape index (κ3) is 3.30. The maximum atomic E-state index is 12.9. The van der Waals surface area contributed by atoms with Crippen molar-refractivity contribution in [3.8, 4) is 0 Å². The van der Waals surface area contributed by atoms with E-state index in [2.05, 4.69) is 5.32 Å². The molecule has 1 aromatic carbocycles. The molecule has 6 nitrogen and oxygen atoms in total. The van der Waals surface area contributed by atoms with Gasteiger partial charge in [-0.25, -0.2) is 4.79 Å². The van der Waals surface area contributed by atoms with Gasteiger partial charge in [0.15, 0.2) is 0 Å². The second kappa shape index (κ2) is 7.27. The molecule has 1 unspecified atom stereocenters. The predicted octanol–water partition coefficient (Wildman–Crippen LogP) is 3.11. The minimum atomic E-state index is -0.756. The van der Waals surface area contributed by atoms with E-state index < -0.39 is 5.54 Å². The Morgan fingerprint density at radius 3 is 2.62 bits per heavy atom. The largest absolute Gasteiger partial charge is 0.348 e. The summed E-state index contributed by atoms with van der Waals surface area (Å²) >= 11 is 5.98. The zero-order valence-electron chi connectivity index (χ0n) is 15.1. The molecule has 3 rings (SSSR count). The quantitative estimate of drug-likeness (QED) is 0.819. The molecule has 0 aromatic heterocycles. The second-order valence-corrected chi connectivity index (χ2v) is 7.61. The van der Waals surface area contributed by atoms with Gasteiger partial charge in [0.05, 0.1) is 6.04 Å². The zero-order chi connectivity index (χ0) is 18.9. The van der Waals surface area contributed by atoms with Crippen LogP contribution in [-0.4, -0.2) is 46.8 Å². The summed E-state index contributed by atoms with van der Waals surface area (Å²) in [5.74, 6) is -0.601. The SMILES string of the molecule is CC(NC(=O)CN1C(=O)N(C)C2(CCCCC2)C1=O)c1cccc(Cl)c1. The first kappa shape index (κ1) is 18.7. The number of halogens is 1. The van der Waals surface area contributed by atoms with Crippen molar-refractivity contribution in [3.05, 3.63) is 34.9 Å². The Kier molecular flexibility index (Phi) is 5.23. The van der Waals surface area contributed by atoms with Gasteiger partial charge < -0.3 is 10.2 Å². The zero-order valence-corrected chi connectivity index (χ0v) is 15.9. The average Bonchev–Trinajstić information content (AvgIpc) is 2.79. The molecule has 1 heterocycles. The van der Waals surface area contributed by atoms with Gasteiger partial charge in [0.1, 0.15) is 12.1 Å². The number of carbonyl (C=O) groups is 3. The third-order valence-electron chi connectivity index (χ3n) is 5.51. The number of carbonyl (C=O) groups excluding carboxylic acids is 3. The van der Waals surface area contributed by atoms with Gasteiger partial charge in [0.25, 0.3) is 5.91 Å². The third-order valence-corrected chi connectivity index (χ3v) is 5.75. The first-order valence-corrected chi connectivity index (χ1v) is 9.37. The molecule has 140 valence electrons. The monoisotopic (exact) mass is 377 g/mol. The number of likely N-dealkylation sites (N-methyl/N-ethyl adjacent to an activating group) is 1. The van der Waals surface area contributed by atoms with E-state index in [4.69, 9.17) is 11.6 Å². The Labute approximate surface area is 158 Å². The van der Waals surface area contributed by atoms with Crippen LogP contribution in [0, 0.1) is 0 Å². The summed E-state index contributed by atoms with van der Waals surface area (Å²) in [4.78, 5) is 40.5. The molecule has 1 saturated heterocycles. The Hall–Kier alpha value is -2.08. The number of benzene rings is 1. The molecule has 2 aliphatic rings. The highest BCUT2D eigenvalue weighted by molar-refractivity contribution is 6.30. The first-order chi connectivity index (χ1) is 12.3.